The zero-order chi connectivity index (χ0) is 23.6. The van der Waals surface area contributed by atoms with Gasteiger partial charge in [-0.15, -0.1) is 0 Å². The van der Waals surface area contributed by atoms with E-state index in [2.05, 4.69) is 23.9 Å². The van der Waals surface area contributed by atoms with E-state index in [1.54, 1.807) is 0 Å². The van der Waals surface area contributed by atoms with Gasteiger partial charge >= 0.3 is 0 Å². The zero-order valence-electron chi connectivity index (χ0n) is 19.0. The molecule has 2 aliphatic heterocycles. The third kappa shape index (κ3) is 4.43. The van der Waals surface area contributed by atoms with Crippen molar-refractivity contribution < 1.29 is 26.3 Å². The van der Waals surface area contributed by atoms with E-state index in [0.717, 1.165) is 31.7 Å². The third-order valence-electron chi connectivity index (χ3n) is 7.38. The van der Waals surface area contributed by atoms with Gasteiger partial charge in [0.2, 0.25) is 20.0 Å². The molecule has 11 heteroatoms. The van der Waals surface area contributed by atoms with Crippen LogP contribution in [0, 0.1) is 11.3 Å². The summed E-state index contributed by atoms with van der Waals surface area (Å²) in [6.07, 6.45) is 3.62. The van der Waals surface area contributed by atoms with Gasteiger partial charge in [0.05, 0.1) is 34.4 Å². The maximum absolute atomic E-state index is 13.0. The molecule has 2 saturated heterocycles. The summed E-state index contributed by atoms with van der Waals surface area (Å²) in [4.78, 5) is -0.414. The predicted octanol–water partition coefficient (Wildman–Crippen LogP) is 1.80. The Morgan fingerprint density at radius 3 is 2.34 bits per heavy atom. The number of primary sulfonamides is 1. The van der Waals surface area contributed by atoms with Gasteiger partial charge in [-0.25, -0.2) is 26.7 Å². The average Bonchev–Trinajstić information content (AvgIpc) is 3.27. The van der Waals surface area contributed by atoms with Gasteiger partial charge in [0, 0.05) is 13.7 Å². The van der Waals surface area contributed by atoms with E-state index in [1.165, 1.54) is 19.2 Å². The highest BCUT2D eigenvalue weighted by atomic mass is 32.2. The van der Waals surface area contributed by atoms with Crippen LogP contribution in [0.25, 0.3) is 0 Å². The summed E-state index contributed by atoms with van der Waals surface area (Å²) < 4.78 is 64.7. The van der Waals surface area contributed by atoms with E-state index >= 15 is 0 Å². The first-order valence-electron chi connectivity index (χ1n) is 10.8. The molecule has 0 aromatic heterocycles. The SMILES string of the molecule is COCC(NS(=O)(=O)c1ccc(NCC23CC(C2)C(C)(C)O3)c(S(N)(=O)=O)c1)C1(C)CC1. The van der Waals surface area contributed by atoms with Crippen molar-refractivity contribution in [3.8, 4) is 0 Å². The Morgan fingerprint density at radius 1 is 1.19 bits per heavy atom. The van der Waals surface area contributed by atoms with Gasteiger partial charge in [0.15, 0.2) is 0 Å². The fourth-order valence-electron chi connectivity index (χ4n) is 4.89. The minimum Gasteiger partial charge on any atom is -0.383 e. The third-order valence-corrected chi connectivity index (χ3v) is 9.80. The summed E-state index contributed by atoms with van der Waals surface area (Å²) in [7, 11) is -6.62. The molecule has 4 aliphatic rings. The fourth-order valence-corrected chi connectivity index (χ4v) is 7.08. The number of ether oxygens (including phenoxy) is 2. The highest BCUT2D eigenvalue weighted by Gasteiger charge is 2.61. The van der Waals surface area contributed by atoms with Crippen LogP contribution in [0.5, 0.6) is 0 Å². The van der Waals surface area contributed by atoms with Crippen molar-refractivity contribution in [1.82, 2.24) is 4.72 Å². The van der Waals surface area contributed by atoms with Crippen molar-refractivity contribution in [3.05, 3.63) is 18.2 Å². The molecule has 4 fully saturated rings. The zero-order valence-corrected chi connectivity index (χ0v) is 20.6. The molecule has 0 amide bonds. The van der Waals surface area contributed by atoms with Crippen LogP contribution in [0.15, 0.2) is 28.0 Å². The van der Waals surface area contributed by atoms with E-state index < -0.39 is 26.1 Å². The van der Waals surface area contributed by atoms with Crippen LogP contribution in [0.3, 0.4) is 0 Å². The summed E-state index contributed by atoms with van der Waals surface area (Å²) in [5.41, 5.74) is -0.420. The predicted molar refractivity (Wildman–Crippen MR) is 120 cm³/mol. The lowest BCUT2D eigenvalue weighted by molar-refractivity contribution is -0.0462. The first-order valence-corrected chi connectivity index (χ1v) is 13.8. The van der Waals surface area contributed by atoms with Gasteiger partial charge in [-0.2, -0.15) is 0 Å². The largest absolute Gasteiger partial charge is 0.383 e. The fraction of sp³-hybridized carbons (Fsp3) is 0.714. The Labute approximate surface area is 190 Å². The van der Waals surface area contributed by atoms with Crippen LogP contribution in [0.4, 0.5) is 5.69 Å². The van der Waals surface area contributed by atoms with Crippen LogP contribution in [0.2, 0.25) is 0 Å². The van der Waals surface area contributed by atoms with Crippen LogP contribution in [-0.4, -0.2) is 54.3 Å². The van der Waals surface area contributed by atoms with Gasteiger partial charge in [-0.05, 0) is 69.1 Å². The molecule has 2 saturated carbocycles. The standard InChI is InChI=1S/C21H33N3O6S2/c1-19(2)14-10-21(11-14,30-19)13-23-16-6-5-15(9-17(16)31(22,25)26)32(27,28)24-18(12-29-4)20(3)7-8-20/h5-6,9,14,18,23-24H,7-8,10-13H2,1-4H3,(H2,22,25,26). The van der Waals surface area contributed by atoms with Crippen LogP contribution >= 0.6 is 0 Å². The molecule has 1 unspecified atom stereocenters. The number of hydrogen-bond acceptors (Lipinski definition) is 7. The lowest BCUT2D eigenvalue weighted by Gasteiger charge is -2.36. The molecule has 1 aromatic carbocycles. The van der Waals surface area contributed by atoms with E-state index in [-0.39, 0.29) is 38.7 Å². The first kappa shape index (κ1) is 23.9. The first-order chi connectivity index (χ1) is 14.7. The molecule has 180 valence electrons. The van der Waals surface area contributed by atoms with Gasteiger partial charge in [-0.3, -0.25) is 0 Å². The van der Waals surface area contributed by atoms with Crippen molar-refractivity contribution in [3.63, 3.8) is 0 Å². The molecule has 1 atom stereocenters. The number of benzene rings is 1. The number of nitrogens with two attached hydrogens (primary N) is 1. The van der Waals surface area contributed by atoms with Crippen LogP contribution in [0.1, 0.15) is 46.5 Å². The van der Waals surface area contributed by atoms with Crippen LogP contribution in [-0.2, 0) is 29.5 Å². The molecule has 9 nitrogen and oxygen atoms in total. The van der Waals surface area contributed by atoms with Crippen LogP contribution < -0.4 is 15.2 Å². The Kier molecular flexibility index (Phi) is 5.71. The van der Waals surface area contributed by atoms with Crippen molar-refractivity contribution in [2.75, 3.05) is 25.6 Å². The quantitative estimate of drug-likeness (QED) is 0.458. The van der Waals surface area contributed by atoms with Crippen molar-refractivity contribution in [2.45, 2.75) is 73.5 Å². The molecule has 2 bridgehead atoms. The molecular formula is C21H33N3O6S2. The molecule has 0 radical (unpaired) electrons. The normalized spacial score (nSPS) is 28.7. The second-order valence-electron chi connectivity index (χ2n) is 10.3. The van der Waals surface area contributed by atoms with Crippen molar-refractivity contribution in [2.24, 2.45) is 16.5 Å². The molecule has 0 spiro atoms. The summed E-state index contributed by atoms with van der Waals surface area (Å²) in [5, 5.41) is 8.57. The van der Waals surface area contributed by atoms with Gasteiger partial charge < -0.3 is 14.8 Å². The Morgan fingerprint density at radius 2 is 1.84 bits per heavy atom. The molecule has 32 heavy (non-hydrogen) atoms. The number of anilines is 1. The van der Waals surface area contributed by atoms with Crippen molar-refractivity contribution in [1.29, 1.82) is 0 Å². The number of hydrogen-bond donors (Lipinski definition) is 3. The molecule has 2 aliphatic carbocycles. The molecule has 5 rings (SSSR count). The maximum atomic E-state index is 13.0. The summed E-state index contributed by atoms with van der Waals surface area (Å²) in [5.74, 6) is 0.494. The van der Waals surface area contributed by atoms with Crippen molar-refractivity contribution >= 4 is 25.7 Å². The molecule has 1 aromatic rings. The maximum Gasteiger partial charge on any atom is 0.240 e. The molecule has 4 N–H and O–H groups in total. The lowest BCUT2D eigenvalue weighted by Crippen LogP contribution is -2.43. The molecule has 2 heterocycles. The molecular weight excluding hydrogens is 454 g/mol. The smallest absolute Gasteiger partial charge is 0.240 e. The van der Waals surface area contributed by atoms with Gasteiger partial charge in [0.1, 0.15) is 4.90 Å². The van der Waals surface area contributed by atoms with Gasteiger partial charge in [-0.1, -0.05) is 6.92 Å². The van der Waals surface area contributed by atoms with Gasteiger partial charge in [0.25, 0.3) is 0 Å². The Balaban J connectivity index is 1.56. The summed E-state index contributed by atoms with van der Waals surface area (Å²) in [6.45, 7) is 6.78. The highest BCUT2D eigenvalue weighted by Crippen LogP contribution is 2.57. The minimum atomic E-state index is -4.17. The van der Waals surface area contributed by atoms with E-state index in [4.69, 9.17) is 14.6 Å². The number of nitrogens with one attached hydrogen (secondary N) is 2. The minimum absolute atomic E-state index is 0.155. The number of methoxy groups -OCH3 is 1. The lowest BCUT2D eigenvalue weighted by atomic mass is 9.69. The summed E-state index contributed by atoms with van der Waals surface area (Å²) >= 11 is 0. The second-order valence-corrected chi connectivity index (χ2v) is 13.6. The van der Waals surface area contributed by atoms with E-state index in [0.29, 0.717) is 12.5 Å². The number of rotatable bonds is 10. The number of fused-ring (bicyclic) bond motifs is 1. The monoisotopic (exact) mass is 487 g/mol. The highest BCUT2D eigenvalue weighted by molar-refractivity contribution is 7.90. The number of sulfonamides is 2. The van der Waals surface area contributed by atoms with E-state index in [1.807, 2.05) is 6.92 Å². The Hall–Kier alpha value is -1.24. The topological polar surface area (TPSA) is 137 Å². The van der Waals surface area contributed by atoms with E-state index in [9.17, 15) is 16.8 Å². The average molecular weight is 488 g/mol. The Bertz CT molecular complexity index is 1110. The summed E-state index contributed by atoms with van der Waals surface area (Å²) in [6, 6.07) is 3.55. The second kappa shape index (κ2) is 7.64.